The van der Waals surface area contributed by atoms with Crippen molar-refractivity contribution in [3.8, 4) is 12.3 Å². The van der Waals surface area contributed by atoms with Gasteiger partial charge < -0.3 is 5.73 Å². The van der Waals surface area contributed by atoms with E-state index in [0.717, 1.165) is 5.56 Å². The molecular formula is C11H13FN2. The molecule has 14 heavy (non-hydrogen) atoms. The smallest absolute Gasteiger partial charge is 0.123 e. The van der Waals surface area contributed by atoms with E-state index >= 15 is 0 Å². The first-order valence-electron chi connectivity index (χ1n) is 4.40. The summed E-state index contributed by atoms with van der Waals surface area (Å²) >= 11 is 0. The van der Waals surface area contributed by atoms with E-state index in [2.05, 4.69) is 11.2 Å². The average molecular weight is 192 g/mol. The Morgan fingerprint density at radius 3 is 2.57 bits per heavy atom. The number of terminal acetylenes is 1. The zero-order valence-electron chi connectivity index (χ0n) is 7.83. The van der Waals surface area contributed by atoms with Crippen molar-refractivity contribution < 1.29 is 4.39 Å². The molecule has 0 saturated heterocycles. The van der Waals surface area contributed by atoms with Crippen LogP contribution >= 0.6 is 0 Å². The predicted molar refractivity (Wildman–Crippen MR) is 55.0 cm³/mol. The van der Waals surface area contributed by atoms with Gasteiger partial charge in [0.15, 0.2) is 0 Å². The summed E-state index contributed by atoms with van der Waals surface area (Å²) in [5.41, 5.74) is 6.51. The minimum atomic E-state index is -0.249. The molecule has 1 aromatic rings. The maximum atomic E-state index is 12.6. The van der Waals surface area contributed by atoms with Crippen LogP contribution in [0.4, 0.5) is 4.39 Å². The molecule has 3 N–H and O–H groups in total. The summed E-state index contributed by atoms with van der Waals surface area (Å²) in [7, 11) is 0. The first-order chi connectivity index (χ1) is 6.77. The molecule has 3 heteroatoms. The standard InChI is InChI=1S/C11H13FN2/c1-2-7-14-11(8-13)9-3-5-10(12)6-4-9/h1,3-6,11,14H,7-8,13H2. The summed E-state index contributed by atoms with van der Waals surface area (Å²) in [6.45, 7) is 0.895. The normalized spacial score (nSPS) is 12.1. The van der Waals surface area contributed by atoms with Crippen molar-refractivity contribution in [3.63, 3.8) is 0 Å². The van der Waals surface area contributed by atoms with Gasteiger partial charge in [0.2, 0.25) is 0 Å². The number of halogens is 1. The summed E-state index contributed by atoms with van der Waals surface area (Å²) in [4.78, 5) is 0. The summed E-state index contributed by atoms with van der Waals surface area (Å²) in [6, 6.07) is 6.23. The SMILES string of the molecule is C#CCNC(CN)c1ccc(F)cc1. The van der Waals surface area contributed by atoms with Crippen LogP contribution in [0.5, 0.6) is 0 Å². The molecule has 0 radical (unpaired) electrons. The Labute approximate surface area is 83.3 Å². The summed E-state index contributed by atoms with van der Waals surface area (Å²) < 4.78 is 12.6. The molecule has 1 atom stereocenters. The average Bonchev–Trinajstić information content (AvgIpc) is 2.21. The Balaban J connectivity index is 2.69. The second-order valence-corrected chi connectivity index (χ2v) is 2.92. The van der Waals surface area contributed by atoms with Crippen molar-refractivity contribution in [3.05, 3.63) is 35.6 Å². The highest BCUT2D eigenvalue weighted by Crippen LogP contribution is 2.11. The molecule has 0 amide bonds. The topological polar surface area (TPSA) is 38.0 Å². The fourth-order valence-electron chi connectivity index (χ4n) is 1.21. The van der Waals surface area contributed by atoms with Crippen LogP contribution in [-0.4, -0.2) is 13.1 Å². The molecule has 0 aliphatic heterocycles. The molecule has 74 valence electrons. The van der Waals surface area contributed by atoms with Crippen LogP contribution in [0.25, 0.3) is 0 Å². The fraction of sp³-hybridized carbons (Fsp3) is 0.273. The Morgan fingerprint density at radius 2 is 2.07 bits per heavy atom. The van der Waals surface area contributed by atoms with E-state index in [1.807, 2.05) is 0 Å². The van der Waals surface area contributed by atoms with Crippen LogP contribution in [0.15, 0.2) is 24.3 Å². The van der Waals surface area contributed by atoms with Gasteiger partial charge in [0.25, 0.3) is 0 Å². The van der Waals surface area contributed by atoms with Crippen LogP contribution < -0.4 is 11.1 Å². The molecule has 1 aromatic carbocycles. The van der Waals surface area contributed by atoms with Gasteiger partial charge in [-0.1, -0.05) is 18.1 Å². The van der Waals surface area contributed by atoms with Crippen molar-refractivity contribution in [2.24, 2.45) is 5.73 Å². The number of benzene rings is 1. The molecule has 0 aliphatic rings. The van der Waals surface area contributed by atoms with Crippen molar-refractivity contribution >= 4 is 0 Å². The van der Waals surface area contributed by atoms with E-state index in [4.69, 9.17) is 12.2 Å². The number of rotatable bonds is 4. The number of nitrogens with one attached hydrogen (secondary N) is 1. The van der Waals surface area contributed by atoms with E-state index in [1.165, 1.54) is 12.1 Å². The molecule has 1 rings (SSSR count). The van der Waals surface area contributed by atoms with Gasteiger partial charge in [-0.25, -0.2) is 4.39 Å². The lowest BCUT2D eigenvalue weighted by atomic mass is 10.1. The molecule has 0 aliphatic carbocycles. The van der Waals surface area contributed by atoms with Gasteiger partial charge in [-0.15, -0.1) is 6.42 Å². The van der Waals surface area contributed by atoms with E-state index < -0.39 is 0 Å². The first kappa shape index (κ1) is 10.7. The van der Waals surface area contributed by atoms with Gasteiger partial charge in [0, 0.05) is 12.6 Å². The second kappa shape index (κ2) is 5.38. The van der Waals surface area contributed by atoms with E-state index in [-0.39, 0.29) is 11.9 Å². The molecule has 0 aromatic heterocycles. The summed E-state index contributed by atoms with van der Waals surface area (Å²) in [6.07, 6.45) is 5.12. The van der Waals surface area contributed by atoms with Gasteiger partial charge in [-0.3, -0.25) is 5.32 Å². The zero-order valence-corrected chi connectivity index (χ0v) is 7.83. The highest BCUT2D eigenvalue weighted by molar-refractivity contribution is 5.20. The molecular weight excluding hydrogens is 179 g/mol. The van der Waals surface area contributed by atoms with Gasteiger partial charge in [0.05, 0.1) is 6.54 Å². The molecule has 2 nitrogen and oxygen atoms in total. The number of hydrogen-bond acceptors (Lipinski definition) is 2. The molecule has 0 saturated carbocycles. The third-order valence-electron chi connectivity index (χ3n) is 1.96. The maximum Gasteiger partial charge on any atom is 0.123 e. The quantitative estimate of drug-likeness (QED) is 0.700. The Bertz CT molecular complexity index is 313. The monoisotopic (exact) mass is 192 g/mol. The maximum absolute atomic E-state index is 12.6. The van der Waals surface area contributed by atoms with Gasteiger partial charge in [0.1, 0.15) is 5.82 Å². The Hall–Kier alpha value is -1.37. The van der Waals surface area contributed by atoms with Crippen LogP contribution in [-0.2, 0) is 0 Å². The number of hydrogen-bond donors (Lipinski definition) is 2. The minimum Gasteiger partial charge on any atom is -0.329 e. The lowest BCUT2D eigenvalue weighted by molar-refractivity contribution is 0.577. The minimum absolute atomic E-state index is 0.00773. The third-order valence-corrected chi connectivity index (χ3v) is 1.96. The predicted octanol–water partition coefficient (Wildman–Crippen LogP) is 1.05. The molecule has 0 spiro atoms. The van der Waals surface area contributed by atoms with Gasteiger partial charge >= 0.3 is 0 Å². The third kappa shape index (κ3) is 2.84. The van der Waals surface area contributed by atoms with Crippen molar-refractivity contribution in [1.82, 2.24) is 5.32 Å². The van der Waals surface area contributed by atoms with Crippen LogP contribution in [0.2, 0.25) is 0 Å². The van der Waals surface area contributed by atoms with E-state index in [9.17, 15) is 4.39 Å². The van der Waals surface area contributed by atoms with Crippen molar-refractivity contribution in [2.75, 3.05) is 13.1 Å². The Morgan fingerprint density at radius 1 is 1.43 bits per heavy atom. The largest absolute Gasteiger partial charge is 0.329 e. The number of nitrogens with two attached hydrogens (primary N) is 1. The van der Waals surface area contributed by atoms with Crippen LogP contribution in [0, 0.1) is 18.2 Å². The zero-order chi connectivity index (χ0) is 10.4. The van der Waals surface area contributed by atoms with Crippen molar-refractivity contribution in [1.29, 1.82) is 0 Å². The van der Waals surface area contributed by atoms with E-state index in [1.54, 1.807) is 12.1 Å². The molecule has 0 bridgehead atoms. The van der Waals surface area contributed by atoms with Crippen LogP contribution in [0.1, 0.15) is 11.6 Å². The van der Waals surface area contributed by atoms with Crippen LogP contribution in [0.3, 0.4) is 0 Å². The molecule has 0 heterocycles. The van der Waals surface area contributed by atoms with E-state index in [0.29, 0.717) is 13.1 Å². The lowest BCUT2D eigenvalue weighted by Gasteiger charge is -2.15. The highest BCUT2D eigenvalue weighted by Gasteiger charge is 2.07. The summed E-state index contributed by atoms with van der Waals surface area (Å²) in [5.74, 6) is 2.22. The molecule has 0 fully saturated rings. The second-order valence-electron chi connectivity index (χ2n) is 2.92. The lowest BCUT2D eigenvalue weighted by Crippen LogP contribution is -2.28. The van der Waals surface area contributed by atoms with Gasteiger partial charge in [-0.2, -0.15) is 0 Å². The fourth-order valence-corrected chi connectivity index (χ4v) is 1.21. The summed E-state index contributed by atoms with van der Waals surface area (Å²) in [5, 5.41) is 3.07. The highest BCUT2D eigenvalue weighted by atomic mass is 19.1. The molecule has 1 unspecified atom stereocenters. The first-order valence-corrected chi connectivity index (χ1v) is 4.40. The van der Waals surface area contributed by atoms with Gasteiger partial charge in [-0.05, 0) is 17.7 Å². The van der Waals surface area contributed by atoms with Crippen molar-refractivity contribution in [2.45, 2.75) is 6.04 Å². The Kier molecular flexibility index (Phi) is 4.11.